The number of hydrogen-bond acceptors (Lipinski definition) is 0. The Hall–Kier alpha value is -4.62. The Morgan fingerprint density at radius 2 is 1.25 bits per heavy atom. The third-order valence-electron chi connectivity index (χ3n) is 7.25. The van der Waals surface area contributed by atoms with Gasteiger partial charge in [0.1, 0.15) is 0 Å². The molecule has 0 aliphatic heterocycles. The molecule has 0 saturated heterocycles. The summed E-state index contributed by atoms with van der Waals surface area (Å²) in [6.45, 7) is 28.8. The first-order valence-electron chi connectivity index (χ1n) is 18.7. The standard InChI is InChI=1S/C18H20.C14H20.C12H13N.C4H10.C2H6/c1-3-15(2)13-17-9-11-18(12-10-17)14-16-7-5-4-6-8-16;1-5-8-13(4)11-12-14(9-6-2)10-7-3;1-9-3-6-11(7-4-9)12-8-5-10(2)13-12;1-4(2)3;1-2/h3-12H,13-14H2,1-2H3;5-11H,2,12H2,1,3-4H3;3-8,13H,1-2H3;4H,1-3H3;1-2H3/b15-3+;8-5-,10-7-,13-11-,14-9+;;;. The smallest absolute Gasteiger partial charge is 0.0455 e. The summed E-state index contributed by atoms with van der Waals surface area (Å²) in [5, 5.41) is 0. The van der Waals surface area contributed by atoms with Gasteiger partial charge in [0, 0.05) is 11.4 Å². The van der Waals surface area contributed by atoms with Gasteiger partial charge in [0.15, 0.2) is 0 Å². The minimum absolute atomic E-state index is 0.833. The summed E-state index contributed by atoms with van der Waals surface area (Å²) in [7, 11) is 0. The maximum atomic E-state index is 3.70. The molecule has 0 spiro atoms. The van der Waals surface area contributed by atoms with Crippen molar-refractivity contribution in [1.29, 1.82) is 0 Å². The molecule has 274 valence electrons. The van der Waals surface area contributed by atoms with Crippen molar-refractivity contribution in [3.8, 4) is 11.3 Å². The van der Waals surface area contributed by atoms with Gasteiger partial charge in [0.25, 0.3) is 0 Å². The largest absolute Gasteiger partial charge is 0.359 e. The van der Waals surface area contributed by atoms with Crippen LogP contribution < -0.4 is 0 Å². The van der Waals surface area contributed by atoms with Gasteiger partial charge in [-0.3, -0.25) is 0 Å². The van der Waals surface area contributed by atoms with E-state index in [0.29, 0.717) is 0 Å². The average molecular weight is 684 g/mol. The summed E-state index contributed by atoms with van der Waals surface area (Å²) < 4.78 is 0. The molecule has 1 N–H and O–H groups in total. The Morgan fingerprint density at radius 1 is 0.706 bits per heavy atom. The van der Waals surface area contributed by atoms with Crippen molar-refractivity contribution >= 4 is 0 Å². The highest BCUT2D eigenvalue weighted by molar-refractivity contribution is 5.60. The van der Waals surface area contributed by atoms with E-state index >= 15 is 0 Å². The van der Waals surface area contributed by atoms with Crippen LogP contribution in [0.2, 0.25) is 0 Å². The minimum Gasteiger partial charge on any atom is -0.359 e. The Balaban J connectivity index is 0.000000690. The fourth-order valence-electron chi connectivity index (χ4n) is 4.60. The second-order valence-electron chi connectivity index (χ2n) is 13.1. The molecule has 4 aromatic rings. The number of aromatic amines is 1. The third kappa shape index (κ3) is 23.4. The van der Waals surface area contributed by atoms with E-state index in [4.69, 9.17) is 0 Å². The van der Waals surface area contributed by atoms with E-state index in [1.54, 1.807) is 0 Å². The lowest BCUT2D eigenvalue weighted by molar-refractivity contribution is 0.737. The van der Waals surface area contributed by atoms with E-state index in [2.05, 4.69) is 188 Å². The fraction of sp³-hybridized carbons (Fsp3) is 0.320. The topological polar surface area (TPSA) is 15.8 Å². The van der Waals surface area contributed by atoms with Crippen LogP contribution in [0, 0.1) is 19.8 Å². The first-order valence-corrected chi connectivity index (χ1v) is 18.7. The number of rotatable bonds is 10. The predicted molar refractivity (Wildman–Crippen MR) is 233 cm³/mol. The highest BCUT2D eigenvalue weighted by Crippen LogP contribution is 2.18. The zero-order chi connectivity index (χ0) is 38.4. The van der Waals surface area contributed by atoms with Gasteiger partial charge in [-0.25, -0.2) is 0 Å². The molecule has 4 rings (SSSR count). The third-order valence-corrected chi connectivity index (χ3v) is 7.25. The molecule has 0 fully saturated rings. The van der Waals surface area contributed by atoms with Crippen molar-refractivity contribution in [3.05, 3.63) is 191 Å². The van der Waals surface area contributed by atoms with Gasteiger partial charge < -0.3 is 4.98 Å². The van der Waals surface area contributed by atoms with Gasteiger partial charge in [-0.15, -0.1) is 0 Å². The van der Waals surface area contributed by atoms with Gasteiger partial charge in [0.05, 0.1) is 0 Å². The number of aryl methyl sites for hydroxylation is 2. The van der Waals surface area contributed by atoms with Crippen molar-refractivity contribution in [1.82, 2.24) is 4.98 Å². The van der Waals surface area contributed by atoms with Crippen LogP contribution in [0.25, 0.3) is 11.3 Å². The van der Waals surface area contributed by atoms with Crippen molar-refractivity contribution in [2.75, 3.05) is 0 Å². The Morgan fingerprint density at radius 3 is 1.75 bits per heavy atom. The molecule has 1 nitrogen and oxygen atoms in total. The summed E-state index contributed by atoms with van der Waals surface area (Å²) in [4.78, 5) is 3.31. The zero-order valence-electron chi connectivity index (χ0n) is 34.2. The van der Waals surface area contributed by atoms with Crippen LogP contribution in [-0.4, -0.2) is 4.98 Å². The van der Waals surface area contributed by atoms with Crippen LogP contribution in [0.15, 0.2) is 163 Å². The number of hydrogen-bond donors (Lipinski definition) is 1. The Labute approximate surface area is 314 Å². The monoisotopic (exact) mass is 684 g/mol. The summed E-state index contributed by atoms with van der Waals surface area (Å²) in [6, 6.07) is 32.3. The molecule has 3 aromatic carbocycles. The lowest BCUT2D eigenvalue weighted by Gasteiger charge is -2.05. The van der Waals surface area contributed by atoms with Crippen molar-refractivity contribution in [2.45, 2.75) is 102 Å². The normalized spacial score (nSPS) is 11.4. The summed E-state index contributed by atoms with van der Waals surface area (Å²) in [5.74, 6) is 0.833. The fourth-order valence-corrected chi connectivity index (χ4v) is 4.60. The van der Waals surface area contributed by atoms with E-state index in [9.17, 15) is 0 Å². The van der Waals surface area contributed by atoms with Gasteiger partial charge in [-0.2, -0.15) is 0 Å². The van der Waals surface area contributed by atoms with Crippen LogP contribution in [0.3, 0.4) is 0 Å². The lowest BCUT2D eigenvalue weighted by atomic mass is 10.0. The maximum Gasteiger partial charge on any atom is 0.0455 e. The van der Waals surface area contributed by atoms with Crippen LogP contribution in [0.4, 0.5) is 0 Å². The molecule has 0 bridgehead atoms. The van der Waals surface area contributed by atoms with E-state index in [0.717, 1.165) is 25.2 Å². The van der Waals surface area contributed by atoms with Crippen LogP contribution in [-0.2, 0) is 12.8 Å². The molecule has 0 atom stereocenters. The number of benzene rings is 3. The molecule has 0 aliphatic rings. The number of allylic oxidation sites excluding steroid dienone is 11. The first-order chi connectivity index (χ1) is 24.5. The first kappa shape index (κ1) is 46.4. The number of H-pyrrole nitrogens is 1. The Bertz CT molecular complexity index is 1600. The molecule has 0 saturated carbocycles. The molecule has 0 unspecified atom stereocenters. The SMILES string of the molecule is C/C=C(\C)Cc1ccc(Cc2ccccc2)cc1.C=C/C=C(\C=C/C)C/C=C(C)\C=C/C.CC.CC(C)C.Cc1ccc(-c2ccc(C)[nH]2)cc1. The highest BCUT2D eigenvalue weighted by Gasteiger charge is 1.99. The predicted octanol–water partition coefficient (Wildman–Crippen LogP) is 15.4. The molecule has 1 heteroatoms. The van der Waals surface area contributed by atoms with E-state index in [1.165, 1.54) is 55.9 Å². The lowest BCUT2D eigenvalue weighted by Crippen LogP contribution is -1.90. The quantitative estimate of drug-likeness (QED) is 0.126. The summed E-state index contributed by atoms with van der Waals surface area (Å²) in [5.41, 5.74) is 13.1. The van der Waals surface area contributed by atoms with Crippen LogP contribution >= 0.6 is 0 Å². The van der Waals surface area contributed by atoms with Gasteiger partial charge in [-0.05, 0) is 114 Å². The molecule has 1 heterocycles. The van der Waals surface area contributed by atoms with E-state index < -0.39 is 0 Å². The number of aromatic nitrogens is 1. The van der Waals surface area contributed by atoms with E-state index in [-0.39, 0.29) is 0 Å². The maximum absolute atomic E-state index is 3.70. The summed E-state index contributed by atoms with van der Waals surface area (Å²) in [6.07, 6.45) is 19.6. The Kier molecular flexibility index (Phi) is 26.5. The molecule has 1 aromatic heterocycles. The second-order valence-corrected chi connectivity index (χ2v) is 13.1. The zero-order valence-corrected chi connectivity index (χ0v) is 34.2. The average Bonchev–Trinajstić information content (AvgIpc) is 3.56. The van der Waals surface area contributed by atoms with Gasteiger partial charge >= 0.3 is 0 Å². The van der Waals surface area contributed by atoms with Crippen LogP contribution in [0.5, 0.6) is 0 Å². The van der Waals surface area contributed by atoms with Gasteiger partial charge in [0.2, 0.25) is 0 Å². The van der Waals surface area contributed by atoms with Crippen molar-refractivity contribution in [2.24, 2.45) is 5.92 Å². The molecule has 0 amide bonds. The molecular weight excluding hydrogens is 615 g/mol. The number of nitrogens with one attached hydrogen (secondary N) is 1. The second kappa shape index (κ2) is 29.1. The minimum atomic E-state index is 0.833. The highest BCUT2D eigenvalue weighted by atomic mass is 14.7. The molecule has 0 aliphatic carbocycles. The molecule has 0 radical (unpaired) electrons. The molecule has 51 heavy (non-hydrogen) atoms. The summed E-state index contributed by atoms with van der Waals surface area (Å²) >= 11 is 0. The van der Waals surface area contributed by atoms with Gasteiger partial charge in [-0.1, -0.05) is 185 Å². The van der Waals surface area contributed by atoms with Crippen LogP contribution in [0.1, 0.15) is 104 Å². The van der Waals surface area contributed by atoms with Crippen molar-refractivity contribution < 1.29 is 0 Å². The van der Waals surface area contributed by atoms with E-state index in [1.807, 2.05) is 45.9 Å². The molecular formula is C50H69N. The van der Waals surface area contributed by atoms with Crippen molar-refractivity contribution in [3.63, 3.8) is 0 Å².